The second-order valence-electron chi connectivity index (χ2n) is 5.84. The molecule has 4 nitrogen and oxygen atoms in total. The second kappa shape index (κ2) is 6.70. The summed E-state index contributed by atoms with van der Waals surface area (Å²) in [5, 5.41) is 5.28. The lowest BCUT2D eigenvalue weighted by atomic mass is 9.87. The summed E-state index contributed by atoms with van der Waals surface area (Å²) in [5.74, 6) is -1.01. The Morgan fingerprint density at radius 3 is 2.43 bits per heavy atom. The average molecular weight is 292 g/mol. The summed E-state index contributed by atoms with van der Waals surface area (Å²) < 4.78 is 13.0. The van der Waals surface area contributed by atoms with Crippen LogP contribution in [0.2, 0.25) is 0 Å². The molecule has 5 heteroatoms. The average Bonchev–Trinajstić information content (AvgIpc) is 2.44. The highest BCUT2D eigenvalue weighted by Crippen LogP contribution is 2.23. The molecule has 0 bridgehead atoms. The van der Waals surface area contributed by atoms with Gasteiger partial charge in [0.15, 0.2) is 0 Å². The molecule has 2 N–H and O–H groups in total. The van der Waals surface area contributed by atoms with Crippen molar-refractivity contribution in [3.05, 3.63) is 29.6 Å². The minimum atomic E-state index is -0.705. The number of rotatable bonds is 2. The zero-order valence-electron chi connectivity index (χ0n) is 12.4. The van der Waals surface area contributed by atoms with Gasteiger partial charge in [0.05, 0.1) is 0 Å². The van der Waals surface area contributed by atoms with E-state index in [0.717, 1.165) is 25.7 Å². The molecule has 1 fully saturated rings. The first kappa shape index (κ1) is 15.5. The number of hydrogen-bond acceptors (Lipinski definition) is 2. The minimum Gasteiger partial charge on any atom is -0.345 e. The van der Waals surface area contributed by atoms with Crippen LogP contribution < -0.4 is 10.6 Å². The predicted molar refractivity (Wildman–Crippen MR) is 79.3 cm³/mol. The molecule has 0 unspecified atom stereocenters. The number of carbonyl (C=O) groups is 2. The van der Waals surface area contributed by atoms with Gasteiger partial charge in [0.25, 0.3) is 0 Å². The summed E-state index contributed by atoms with van der Waals surface area (Å²) in [7, 11) is 0. The number of benzene rings is 1. The van der Waals surface area contributed by atoms with E-state index in [-0.39, 0.29) is 11.9 Å². The Hall–Kier alpha value is -1.91. The van der Waals surface area contributed by atoms with E-state index in [4.69, 9.17) is 0 Å². The SMILES string of the molecule is Cc1cc(F)ccc1NC(=O)C(=O)NC1CCC(C)CC1. The van der Waals surface area contributed by atoms with Gasteiger partial charge in [-0.3, -0.25) is 9.59 Å². The van der Waals surface area contributed by atoms with E-state index in [1.54, 1.807) is 6.92 Å². The molecule has 0 heterocycles. The van der Waals surface area contributed by atoms with Crippen LogP contribution in [-0.2, 0) is 9.59 Å². The van der Waals surface area contributed by atoms with Crippen molar-refractivity contribution in [2.75, 3.05) is 5.32 Å². The number of nitrogens with one attached hydrogen (secondary N) is 2. The zero-order valence-corrected chi connectivity index (χ0v) is 12.4. The van der Waals surface area contributed by atoms with E-state index in [2.05, 4.69) is 17.6 Å². The van der Waals surface area contributed by atoms with Crippen LogP contribution in [0.3, 0.4) is 0 Å². The van der Waals surface area contributed by atoms with Crippen molar-refractivity contribution in [3.63, 3.8) is 0 Å². The van der Waals surface area contributed by atoms with E-state index >= 15 is 0 Å². The largest absolute Gasteiger partial charge is 0.345 e. The van der Waals surface area contributed by atoms with Gasteiger partial charge in [0.1, 0.15) is 5.82 Å². The number of aryl methyl sites for hydroxylation is 1. The molecular formula is C16H21FN2O2. The highest BCUT2D eigenvalue weighted by molar-refractivity contribution is 6.39. The molecule has 0 aromatic heterocycles. The molecule has 2 amide bonds. The van der Waals surface area contributed by atoms with Gasteiger partial charge in [-0.2, -0.15) is 0 Å². The third kappa shape index (κ3) is 4.28. The van der Waals surface area contributed by atoms with Crippen molar-refractivity contribution in [2.45, 2.75) is 45.6 Å². The molecule has 0 spiro atoms. The summed E-state index contributed by atoms with van der Waals surface area (Å²) in [6, 6.07) is 4.10. The summed E-state index contributed by atoms with van der Waals surface area (Å²) in [6.07, 6.45) is 3.97. The van der Waals surface area contributed by atoms with Crippen molar-refractivity contribution < 1.29 is 14.0 Å². The first-order valence-electron chi connectivity index (χ1n) is 7.33. The Labute approximate surface area is 124 Å². The zero-order chi connectivity index (χ0) is 15.4. The van der Waals surface area contributed by atoms with Gasteiger partial charge in [0, 0.05) is 11.7 Å². The Balaban J connectivity index is 1.89. The monoisotopic (exact) mass is 292 g/mol. The molecule has 1 saturated carbocycles. The second-order valence-corrected chi connectivity index (χ2v) is 5.84. The maximum Gasteiger partial charge on any atom is 0.313 e. The van der Waals surface area contributed by atoms with Crippen LogP contribution in [0, 0.1) is 18.7 Å². The standard InChI is InChI=1S/C16H21FN2O2/c1-10-3-6-13(7-4-10)18-15(20)16(21)19-14-8-5-12(17)9-11(14)2/h5,8-10,13H,3-4,6-7H2,1-2H3,(H,18,20)(H,19,21). The van der Waals surface area contributed by atoms with Crippen molar-refractivity contribution in [1.29, 1.82) is 0 Å². The van der Waals surface area contributed by atoms with Gasteiger partial charge in [-0.1, -0.05) is 6.92 Å². The molecule has 0 saturated heterocycles. The summed E-state index contributed by atoms with van der Waals surface area (Å²) in [5.41, 5.74) is 1.04. The highest BCUT2D eigenvalue weighted by Gasteiger charge is 2.23. The molecule has 2 rings (SSSR count). The molecular weight excluding hydrogens is 271 g/mol. The molecule has 21 heavy (non-hydrogen) atoms. The van der Waals surface area contributed by atoms with Crippen LogP contribution >= 0.6 is 0 Å². The molecule has 1 aliphatic rings. The Morgan fingerprint density at radius 1 is 1.14 bits per heavy atom. The lowest BCUT2D eigenvalue weighted by molar-refractivity contribution is -0.136. The molecule has 0 atom stereocenters. The number of carbonyl (C=O) groups excluding carboxylic acids is 2. The van der Waals surface area contributed by atoms with Crippen LogP contribution in [0.1, 0.15) is 38.2 Å². The molecule has 1 aromatic carbocycles. The topological polar surface area (TPSA) is 58.2 Å². The first-order valence-corrected chi connectivity index (χ1v) is 7.33. The van der Waals surface area contributed by atoms with Crippen molar-refractivity contribution in [3.8, 4) is 0 Å². The highest BCUT2D eigenvalue weighted by atomic mass is 19.1. The first-order chi connectivity index (χ1) is 9.95. The van der Waals surface area contributed by atoms with E-state index in [9.17, 15) is 14.0 Å². The maximum absolute atomic E-state index is 13.0. The van der Waals surface area contributed by atoms with E-state index in [1.807, 2.05) is 0 Å². The molecule has 1 aliphatic carbocycles. The fraction of sp³-hybridized carbons (Fsp3) is 0.500. The third-order valence-electron chi connectivity index (χ3n) is 3.99. The minimum absolute atomic E-state index is 0.0776. The fourth-order valence-corrected chi connectivity index (χ4v) is 2.60. The Kier molecular flexibility index (Phi) is 4.94. The lowest BCUT2D eigenvalue weighted by Crippen LogP contribution is -2.43. The van der Waals surface area contributed by atoms with Gasteiger partial charge >= 0.3 is 11.8 Å². The van der Waals surface area contributed by atoms with Gasteiger partial charge in [-0.25, -0.2) is 4.39 Å². The Morgan fingerprint density at radius 2 is 1.81 bits per heavy atom. The van der Waals surface area contributed by atoms with Crippen molar-refractivity contribution in [2.24, 2.45) is 5.92 Å². The quantitative estimate of drug-likeness (QED) is 0.823. The molecule has 114 valence electrons. The van der Waals surface area contributed by atoms with Gasteiger partial charge < -0.3 is 10.6 Å². The fourth-order valence-electron chi connectivity index (χ4n) is 2.60. The van der Waals surface area contributed by atoms with E-state index in [1.165, 1.54) is 18.2 Å². The number of hydrogen-bond donors (Lipinski definition) is 2. The summed E-state index contributed by atoms with van der Waals surface area (Å²) in [6.45, 7) is 3.88. The number of amides is 2. The Bertz CT molecular complexity index is 537. The number of anilines is 1. The summed E-state index contributed by atoms with van der Waals surface area (Å²) >= 11 is 0. The van der Waals surface area contributed by atoms with E-state index < -0.39 is 11.8 Å². The maximum atomic E-state index is 13.0. The lowest BCUT2D eigenvalue weighted by Gasteiger charge is -2.26. The van der Waals surface area contributed by atoms with Gasteiger partial charge in [-0.15, -0.1) is 0 Å². The van der Waals surface area contributed by atoms with Gasteiger partial charge in [-0.05, 0) is 62.3 Å². The summed E-state index contributed by atoms with van der Waals surface area (Å²) in [4.78, 5) is 23.7. The smallest absolute Gasteiger partial charge is 0.313 e. The van der Waals surface area contributed by atoms with E-state index in [0.29, 0.717) is 17.2 Å². The van der Waals surface area contributed by atoms with Gasteiger partial charge in [0.2, 0.25) is 0 Å². The van der Waals surface area contributed by atoms with Crippen molar-refractivity contribution >= 4 is 17.5 Å². The predicted octanol–water partition coefficient (Wildman–Crippen LogP) is 2.77. The van der Waals surface area contributed by atoms with Crippen molar-refractivity contribution in [1.82, 2.24) is 5.32 Å². The van der Waals surface area contributed by atoms with Crippen LogP contribution in [0.15, 0.2) is 18.2 Å². The van der Waals surface area contributed by atoms with Crippen LogP contribution in [-0.4, -0.2) is 17.9 Å². The van der Waals surface area contributed by atoms with Crippen LogP contribution in [0.5, 0.6) is 0 Å². The number of halogens is 1. The molecule has 0 radical (unpaired) electrons. The molecule has 0 aliphatic heterocycles. The normalized spacial score (nSPS) is 21.7. The van der Waals surface area contributed by atoms with Crippen LogP contribution in [0.4, 0.5) is 10.1 Å². The third-order valence-corrected chi connectivity index (χ3v) is 3.99. The molecule has 1 aromatic rings. The van der Waals surface area contributed by atoms with Crippen LogP contribution in [0.25, 0.3) is 0 Å².